The van der Waals surface area contributed by atoms with Gasteiger partial charge in [0.15, 0.2) is 5.78 Å². The highest BCUT2D eigenvalue weighted by atomic mass is 16.2. The molecule has 172 valence electrons. The first kappa shape index (κ1) is 21.2. The zero-order valence-electron chi connectivity index (χ0n) is 19.5. The van der Waals surface area contributed by atoms with Crippen LogP contribution in [0, 0.1) is 0 Å². The zero-order chi connectivity index (χ0) is 24.4. The molecule has 1 amide bonds. The van der Waals surface area contributed by atoms with Crippen LogP contribution in [0.2, 0.25) is 0 Å². The number of para-hydroxylation sites is 1. The smallest absolute Gasteiger partial charge is 0.288 e. The summed E-state index contributed by atoms with van der Waals surface area (Å²) in [6.45, 7) is 1.92. The van der Waals surface area contributed by atoms with Gasteiger partial charge in [-0.2, -0.15) is 0 Å². The average Bonchev–Trinajstić information content (AvgIpc) is 3.08. The lowest BCUT2D eigenvalue weighted by Crippen LogP contribution is -2.38. The highest BCUT2D eigenvalue weighted by molar-refractivity contribution is 6.48. The van der Waals surface area contributed by atoms with Gasteiger partial charge in [0.2, 0.25) is 0 Å². The highest BCUT2D eigenvalue weighted by Crippen LogP contribution is 2.42. The van der Waals surface area contributed by atoms with Gasteiger partial charge in [-0.1, -0.05) is 42.5 Å². The number of hydrazine groups is 1. The molecule has 0 radical (unpaired) electrons. The molecule has 1 unspecified atom stereocenters. The number of benzene rings is 3. The number of fused-ring (bicyclic) bond motifs is 2. The molecule has 7 heteroatoms. The van der Waals surface area contributed by atoms with Crippen molar-refractivity contribution in [2.24, 2.45) is 12.0 Å². The van der Waals surface area contributed by atoms with Crippen molar-refractivity contribution in [1.29, 1.82) is 0 Å². The Kier molecular flexibility index (Phi) is 4.59. The van der Waals surface area contributed by atoms with Crippen molar-refractivity contribution in [3.05, 3.63) is 94.3 Å². The molecule has 0 spiro atoms. The standard InChI is InChI=1S/C28H22N4O3/c1-16-26(28(35)32(31(16)3)17-9-5-4-6-10-17)29-21-13-14-22-24-20(15-23(33)30(22)2)18-11-7-8-12-19(18)27(34)25(21)24/h4-16H,1-3H3. The first-order valence-corrected chi connectivity index (χ1v) is 11.4. The van der Waals surface area contributed by atoms with Gasteiger partial charge in [-0.25, -0.2) is 15.0 Å². The van der Waals surface area contributed by atoms with Gasteiger partial charge in [-0.3, -0.25) is 14.4 Å². The fourth-order valence-corrected chi connectivity index (χ4v) is 5.05. The third kappa shape index (κ3) is 2.95. The molecule has 1 aliphatic heterocycles. The fourth-order valence-electron chi connectivity index (χ4n) is 5.05. The van der Waals surface area contributed by atoms with Gasteiger partial charge in [0.05, 0.1) is 28.5 Å². The fraction of sp³-hybridized carbons (Fsp3) is 0.143. The molecular formula is C28H22N4O3. The summed E-state index contributed by atoms with van der Waals surface area (Å²) in [5.41, 5.74) is 4.42. The molecule has 1 atom stereocenters. The van der Waals surface area contributed by atoms with Crippen molar-refractivity contribution in [3.63, 3.8) is 0 Å². The number of aryl methyl sites for hydroxylation is 1. The van der Waals surface area contributed by atoms with E-state index >= 15 is 0 Å². The van der Waals surface area contributed by atoms with Crippen LogP contribution in [0.5, 0.6) is 0 Å². The van der Waals surface area contributed by atoms with Crippen LogP contribution in [0.4, 0.5) is 11.4 Å². The van der Waals surface area contributed by atoms with Crippen LogP contribution < -0.4 is 10.6 Å². The van der Waals surface area contributed by atoms with Crippen LogP contribution in [-0.4, -0.2) is 40.1 Å². The van der Waals surface area contributed by atoms with E-state index in [1.54, 1.807) is 36.3 Å². The van der Waals surface area contributed by atoms with Gasteiger partial charge in [0.1, 0.15) is 5.71 Å². The number of hydrogen-bond donors (Lipinski definition) is 0. The normalized spacial score (nSPS) is 18.5. The molecule has 1 fully saturated rings. The maximum Gasteiger partial charge on any atom is 0.288 e. The number of amides is 1. The average molecular weight is 463 g/mol. The second-order valence-corrected chi connectivity index (χ2v) is 8.88. The number of nitrogens with zero attached hydrogens (tertiary/aromatic N) is 4. The van der Waals surface area contributed by atoms with Crippen molar-refractivity contribution in [2.45, 2.75) is 13.0 Å². The second-order valence-electron chi connectivity index (χ2n) is 8.88. The Balaban J connectivity index is 1.60. The van der Waals surface area contributed by atoms with E-state index in [1.165, 1.54) is 4.57 Å². The molecule has 35 heavy (non-hydrogen) atoms. The van der Waals surface area contributed by atoms with Gasteiger partial charge >= 0.3 is 0 Å². The zero-order valence-corrected chi connectivity index (χ0v) is 19.5. The summed E-state index contributed by atoms with van der Waals surface area (Å²) in [4.78, 5) is 44.7. The molecule has 1 aromatic heterocycles. The number of aliphatic imine (C=N–C) groups is 1. The van der Waals surface area contributed by atoms with Crippen molar-refractivity contribution in [2.75, 3.05) is 12.1 Å². The van der Waals surface area contributed by atoms with E-state index in [0.29, 0.717) is 39.0 Å². The minimum Gasteiger partial charge on any atom is -0.311 e. The van der Waals surface area contributed by atoms with E-state index in [9.17, 15) is 14.4 Å². The molecular weight excluding hydrogens is 440 g/mol. The molecule has 2 heterocycles. The SMILES string of the molecule is CC1C(=Nc2ccc3c4c(cc(=O)n3C)-c3ccccc3C(=O)c24)C(=O)N(c2ccccc2)N1C. The van der Waals surface area contributed by atoms with E-state index in [0.717, 1.165) is 11.3 Å². The minimum atomic E-state index is -0.295. The predicted octanol–water partition coefficient (Wildman–Crippen LogP) is 4.10. The largest absolute Gasteiger partial charge is 0.311 e. The monoisotopic (exact) mass is 462 g/mol. The second kappa shape index (κ2) is 7.58. The van der Waals surface area contributed by atoms with Crippen LogP contribution in [0.1, 0.15) is 22.8 Å². The topological polar surface area (TPSA) is 75.0 Å². The van der Waals surface area contributed by atoms with Crippen LogP contribution in [0.3, 0.4) is 0 Å². The Morgan fingerprint density at radius 1 is 0.800 bits per heavy atom. The molecule has 7 nitrogen and oxygen atoms in total. The summed E-state index contributed by atoms with van der Waals surface area (Å²) in [5.74, 6) is -0.397. The first-order chi connectivity index (χ1) is 16.9. The molecule has 1 aliphatic carbocycles. The van der Waals surface area contributed by atoms with Gasteiger partial charge < -0.3 is 4.57 Å². The maximum absolute atomic E-state index is 13.7. The van der Waals surface area contributed by atoms with E-state index in [4.69, 9.17) is 4.99 Å². The molecule has 1 saturated heterocycles. The summed E-state index contributed by atoms with van der Waals surface area (Å²) >= 11 is 0. The van der Waals surface area contributed by atoms with E-state index < -0.39 is 0 Å². The van der Waals surface area contributed by atoms with E-state index in [-0.39, 0.29) is 23.3 Å². The summed E-state index contributed by atoms with van der Waals surface area (Å²) < 4.78 is 1.54. The number of hydrogen-bond acceptors (Lipinski definition) is 5. The molecule has 3 aromatic carbocycles. The summed E-state index contributed by atoms with van der Waals surface area (Å²) in [5, 5.41) is 4.13. The molecule has 0 saturated carbocycles. The van der Waals surface area contributed by atoms with Crippen molar-refractivity contribution in [3.8, 4) is 11.1 Å². The number of carbonyl (C=O) groups is 2. The third-order valence-electron chi connectivity index (χ3n) is 7.00. The lowest BCUT2D eigenvalue weighted by atomic mass is 9.83. The highest BCUT2D eigenvalue weighted by Gasteiger charge is 2.40. The lowest BCUT2D eigenvalue weighted by molar-refractivity contribution is -0.113. The van der Waals surface area contributed by atoms with E-state index in [2.05, 4.69) is 0 Å². The lowest BCUT2D eigenvalue weighted by Gasteiger charge is -2.25. The number of rotatable bonds is 2. The Morgan fingerprint density at radius 2 is 1.49 bits per heavy atom. The number of ketones is 1. The summed E-state index contributed by atoms with van der Waals surface area (Å²) in [7, 11) is 3.54. The van der Waals surface area contributed by atoms with Gasteiger partial charge in [0.25, 0.3) is 11.5 Å². The van der Waals surface area contributed by atoms with Gasteiger partial charge in [-0.05, 0) is 42.3 Å². The van der Waals surface area contributed by atoms with Crippen molar-refractivity contribution >= 4 is 39.7 Å². The quantitative estimate of drug-likeness (QED) is 0.396. The maximum atomic E-state index is 13.7. The number of aromatic nitrogens is 1. The third-order valence-corrected chi connectivity index (χ3v) is 7.00. The summed E-state index contributed by atoms with van der Waals surface area (Å²) in [6, 6.07) is 21.5. The Morgan fingerprint density at radius 3 is 2.23 bits per heavy atom. The van der Waals surface area contributed by atoms with Gasteiger partial charge in [0, 0.05) is 31.1 Å². The number of anilines is 1. The predicted molar refractivity (Wildman–Crippen MR) is 136 cm³/mol. The number of pyridine rings is 1. The van der Waals surface area contributed by atoms with Crippen LogP contribution in [0.15, 0.2) is 82.6 Å². The van der Waals surface area contributed by atoms with Crippen molar-refractivity contribution < 1.29 is 9.59 Å². The first-order valence-electron chi connectivity index (χ1n) is 11.4. The van der Waals surface area contributed by atoms with Crippen LogP contribution >= 0.6 is 0 Å². The Bertz CT molecular complexity index is 1650. The van der Waals surface area contributed by atoms with Crippen LogP contribution in [-0.2, 0) is 11.8 Å². The van der Waals surface area contributed by atoms with E-state index in [1.807, 2.05) is 67.5 Å². The molecule has 6 rings (SSSR count). The minimum absolute atomic E-state index is 0.151. The Hall–Kier alpha value is -4.36. The molecule has 0 bridgehead atoms. The van der Waals surface area contributed by atoms with Crippen LogP contribution in [0.25, 0.3) is 22.0 Å². The summed E-state index contributed by atoms with van der Waals surface area (Å²) in [6.07, 6.45) is 0. The molecule has 4 aromatic rings. The molecule has 0 N–H and O–H groups in total. The van der Waals surface area contributed by atoms with Crippen molar-refractivity contribution in [1.82, 2.24) is 9.58 Å². The Labute approximate surface area is 201 Å². The number of carbonyl (C=O) groups excluding carboxylic acids is 2. The van der Waals surface area contributed by atoms with Gasteiger partial charge in [-0.15, -0.1) is 0 Å². The molecule has 2 aliphatic rings.